The summed E-state index contributed by atoms with van der Waals surface area (Å²) in [6.07, 6.45) is 3.44. The van der Waals surface area contributed by atoms with Crippen LogP contribution in [0.1, 0.15) is 11.1 Å². The maximum absolute atomic E-state index is 9.55. The molecule has 2 aromatic rings. The van der Waals surface area contributed by atoms with Crippen molar-refractivity contribution >= 4 is 47.1 Å². The van der Waals surface area contributed by atoms with E-state index in [1.165, 1.54) is 26.6 Å². The Kier molecular flexibility index (Phi) is 7.79. The molecule has 0 aliphatic carbocycles. The first-order valence-corrected chi connectivity index (χ1v) is 10.9. The summed E-state index contributed by atoms with van der Waals surface area (Å²) >= 11 is 8.14. The number of nitrogens with zero attached hydrogens (tertiary/aromatic N) is 2. The van der Waals surface area contributed by atoms with Crippen LogP contribution in [0.25, 0.3) is 11.8 Å². The summed E-state index contributed by atoms with van der Waals surface area (Å²) in [5, 5.41) is 16.4. The molecule has 4 rings (SSSR count). The molecule has 0 bridgehead atoms. The van der Waals surface area contributed by atoms with Crippen LogP contribution in [-0.2, 0) is 9.59 Å². The predicted octanol–water partition coefficient (Wildman–Crippen LogP) is 4.26. The number of likely N-dealkylation sites (N-methyl/N-ethyl adjacent to an activating group) is 1. The fourth-order valence-electron chi connectivity index (χ4n) is 3.28. The van der Waals surface area contributed by atoms with Gasteiger partial charge in [-0.1, -0.05) is 41.6 Å². The Labute approximate surface area is 190 Å². The van der Waals surface area contributed by atoms with E-state index in [1.807, 2.05) is 17.8 Å². The molecule has 2 heterocycles. The van der Waals surface area contributed by atoms with Crippen molar-refractivity contribution in [2.45, 2.75) is 9.79 Å². The quantitative estimate of drug-likeness (QED) is 0.665. The number of fused-ring (bicyclic) bond motifs is 2. The Morgan fingerprint density at radius 1 is 0.968 bits per heavy atom. The van der Waals surface area contributed by atoms with Crippen LogP contribution in [0.2, 0.25) is 5.02 Å². The molecule has 0 saturated carbocycles. The topological polar surface area (TPSA) is 81.1 Å². The highest BCUT2D eigenvalue weighted by Crippen LogP contribution is 2.42. The van der Waals surface area contributed by atoms with Gasteiger partial charge in [-0.25, -0.2) is 9.59 Å². The standard InChI is InChI=1S/C19H19ClN2S.C4H4O4/c1-21-8-10-22(11-9-21)17-12-14-4-2-3-5-18(14)23-19-7-6-15(20)13-16(17)19;5-3(6)1-2-4(7)8/h2-7,12-13H,8-11H2,1H3;1-2H,(H,5,6)(H,7,8)/b;2-1+. The first-order valence-electron chi connectivity index (χ1n) is 9.69. The number of rotatable bonds is 3. The Hall–Kier alpha value is -2.74. The average Bonchev–Trinajstić information content (AvgIpc) is 2.90. The van der Waals surface area contributed by atoms with Gasteiger partial charge in [-0.3, -0.25) is 0 Å². The van der Waals surface area contributed by atoms with E-state index in [0.29, 0.717) is 12.2 Å². The molecule has 0 unspecified atom stereocenters. The lowest BCUT2D eigenvalue weighted by Gasteiger charge is -2.36. The molecule has 0 atom stereocenters. The van der Waals surface area contributed by atoms with Crippen LogP contribution >= 0.6 is 23.4 Å². The van der Waals surface area contributed by atoms with E-state index in [1.54, 1.807) is 0 Å². The van der Waals surface area contributed by atoms with Gasteiger partial charge < -0.3 is 20.0 Å². The zero-order valence-electron chi connectivity index (χ0n) is 17.0. The summed E-state index contributed by atoms with van der Waals surface area (Å²) in [4.78, 5) is 26.6. The largest absolute Gasteiger partial charge is 0.478 e. The van der Waals surface area contributed by atoms with Gasteiger partial charge in [0.15, 0.2) is 0 Å². The van der Waals surface area contributed by atoms with Gasteiger partial charge in [0.05, 0.1) is 0 Å². The molecule has 0 amide bonds. The molecule has 2 aromatic carbocycles. The fourth-order valence-corrected chi connectivity index (χ4v) is 4.49. The van der Waals surface area contributed by atoms with E-state index in [0.717, 1.165) is 31.2 Å². The molecule has 1 saturated heterocycles. The number of piperazine rings is 1. The normalized spacial score (nSPS) is 15.8. The Morgan fingerprint density at radius 3 is 2.26 bits per heavy atom. The zero-order valence-corrected chi connectivity index (χ0v) is 18.6. The molecule has 2 aliphatic rings. The van der Waals surface area contributed by atoms with Crippen molar-refractivity contribution in [1.82, 2.24) is 9.80 Å². The number of carbonyl (C=O) groups is 2. The van der Waals surface area contributed by atoms with Crippen molar-refractivity contribution in [2.75, 3.05) is 33.2 Å². The van der Waals surface area contributed by atoms with Crippen molar-refractivity contribution in [3.05, 3.63) is 70.8 Å². The van der Waals surface area contributed by atoms with Gasteiger partial charge in [0.2, 0.25) is 0 Å². The second-order valence-corrected chi connectivity index (χ2v) is 8.63. The smallest absolute Gasteiger partial charge is 0.328 e. The van der Waals surface area contributed by atoms with E-state index < -0.39 is 11.9 Å². The molecule has 6 nitrogen and oxygen atoms in total. The first kappa shape index (κ1) is 22.9. The van der Waals surface area contributed by atoms with Gasteiger partial charge in [0.1, 0.15) is 0 Å². The molecule has 162 valence electrons. The summed E-state index contributed by atoms with van der Waals surface area (Å²) in [6.45, 7) is 4.31. The fraction of sp³-hybridized carbons (Fsp3) is 0.217. The third-order valence-corrected chi connectivity index (χ3v) is 6.26. The molecule has 1 fully saturated rings. The number of aliphatic carboxylic acids is 2. The third kappa shape index (κ3) is 6.37. The minimum Gasteiger partial charge on any atom is -0.478 e. The van der Waals surface area contributed by atoms with Crippen molar-refractivity contribution in [2.24, 2.45) is 0 Å². The Bertz CT molecular complexity index is 1010. The first-order chi connectivity index (χ1) is 14.8. The van der Waals surface area contributed by atoms with Crippen LogP contribution in [0.15, 0.2) is 64.4 Å². The van der Waals surface area contributed by atoms with Crippen molar-refractivity contribution in [3.63, 3.8) is 0 Å². The number of carboxylic acid groups (broad SMARTS) is 2. The van der Waals surface area contributed by atoms with Gasteiger partial charge in [-0.15, -0.1) is 0 Å². The minimum atomic E-state index is -1.26. The van der Waals surface area contributed by atoms with Crippen LogP contribution in [-0.4, -0.2) is 65.2 Å². The SMILES string of the molecule is CN1CCN(C2=Cc3ccccc3Sc3ccc(Cl)cc32)CC1.O=C(O)/C=C/C(=O)O. The van der Waals surface area contributed by atoms with Crippen LogP contribution in [0.4, 0.5) is 0 Å². The molecule has 0 spiro atoms. The van der Waals surface area contributed by atoms with Crippen molar-refractivity contribution < 1.29 is 19.8 Å². The molecule has 0 aromatic heterocycles. The van der Waals surface area contributed by atoms with Crippen LogP contribution in [0, 0.1) is 0 Å². The number of carboxylic acids is 2. The van der Waals surface area contributed by atoms with E-state index >= 15 is 0 Å². The van der Waals surface area contributed by atoms with Crippen LogP contribution < -0.4 is 0 Å². The Balaban J connectivity index is 0.000000293. The lowest BCUT2D eigenvalue weighted by molar-refractivity contribution is -0.134. The lowest BCUT2D eigenvalue weighted by Crippen LogP contribution is -2.43. The second kappa shape index (κ2) is 10.5. The molecule has 0 radical (unpaired) electrons. The van der Waals surface area contributed by atoms with Gasteiger partial charge in [0, 0.05) is 64.4 Å². The molecular weight excluding hydrogens is 436 g/mol. The zero-order chi connectivity index (χ0) is 22.4. The molecular formula is C23H23ClN2O4S. The number of hydrogen-bond acceptors (Lipinski definition) is 5. The summed E-state index contributed by atoms with van der Waals surface area (Å²) in [6, 6.07) is 14.9. The maximum Gasteiger partial charge on any atom is 0.328 e. The third-order valence-electron chi connectivity index (χ3n) is 4.86. The van der Waals surface area contributed by atoms with Crippen molar-refractivity contribution in [3.8, 4) is 0 Å². The summed E-state index contributed by atoms with van der Waals surface area (Å²) < 4.78 is 0. The maximum atomic E-state index is 9.55. The molecule has 2 N–H and O–H groups in total. The molecule has 2 aliphatic heterocycles. The lowest BCUT2D eigenvalue weighted by atomic mass is 10.1. The van der Waals surface area contributed by atoms with E-state index in [4.69, 9.17) is 21.8 Å². The van der Waals surface area contributed by atoms with E-state index in [9.17, 15) is 9.59 Å². The second-order valence-electron chi connectivity index (χ2n) is 7.11. The van der Waals surface area contributed by atoms with Gasteiger partial charge in [-0.2, -0.15) is 0 Å². The highest BCUT2D eigenvalue weighted by atomic mass is 35.5. The summed E-state index contributed by atoms with van der Waals surface area (Å²) in [5.74, 6) is -2.51. The number of benzene rings is 2. The highest BCUT2D eigenvalue weighted by Gasteiger charge is 2.23. The van der Waals surface area contributed by atoms with E-state index in [2.05, 4.69) is 59.3 Å². The predicted molar refractivity (Wildman–Crippen MR) is 123 cm³/mol. The Morgan fingerprint density at radius 2 is 1.61 bits per heavy atom. The average molecular weight is 459 g/mol. The minimum absolute atomic E-state index is 0.558. The van der Waals surface area contributed by atoms with Gasteiger partial charge in [-0.05, 0) is 43.0 Å². The monoisotopic (exact) mass is 458 g/mol. The molecule has 8 heteroatoms. The summed E-state index contributed by atoms with van der Waals surface area (Å²) in [7, 11) is 2.19. The van der Waals surface area contributed by atoms with Crippen LogP contribution in [0.5, 0.6) is 0 Å². The molecule has 31 heavy (non-hydrogen) atoms. The van der Waals surface area contributed by atoms with E-state index in [-0.39, 0.29) is 0 Å². The van der Waals surface area contributed by atoms with Gasteiger partial charge >= 0.3 is 11.9 Å². The number of hydrogen-bond donors (Lipinski definition) is 2. The van der Waals surface area contributed by atoms with Gasteiger partial charge in [0.25, 0.3) is 0 Å². The number of halogens is 1. The van der Waals surface area contributed by atoms with Crippen molar-refractivity contribution in [1.29, 1.82) is 0 Å². The summed E-state index contributed by atoms with van der Waals surface area (Å²) in [5.41, 5.74) is 3.84. The van der Waals surface area contributed by atoms with Crippen LogP contribution in [0.3, 0.4) is 0 Å². The highest BCUT2D eigenvalue weighted by molar-refractivity contribution is 7.99.